The van der Waals surface area contributed by atoms with Crippen molar-refractivity contribution in [2.75, 3.05) is 13.2 Å². The second kappa shape index (κ2) is 5.53. The van der Waals surface area contributed by atoms with E-state index in [1.54, 1.807) is 0 Å². The van der Waals surface area contributed by atoms with Crippen molar-refractivity contribution in [2.45, 2.75) is 26.7 Å². The number of carboxylic acids is 1. The van der Waals surface area contributed by atoms with E-state index in [2.05, 4.69) is 5.32 Å². The molecule has 0 heterocycles. The number of ether oxygens (including phenoxy) is 1. The molecule has 0 radical (unpaired) electrons. The van der Waals surface area contributed by atoms with Crippen LogP contribution in [0.4, 0.5) is 0 Å². The molecular formula is C15H19NO4. The van der Waals surface area contributed by atoms with E-state index in [4.69, 9.17) is 9.84 Å². The van der Waals surface area contributed by atoms with Gasteiger partial charge in [0.05, 0.1) is 5.41 Å². The Kier molecular flexibility index (Phi) is 3.97. The van der Waals surface area contributed by atoms with Crippen molar-refractivity contribution < 1.29 is 19.4 Å². The van der Waals surface area contributed by atoms with E-state index in [1.165, 1.54) is 0 Å². The van der Waals surface area contributed by atoms with Gasteiger partial charge in [-0.25, -0.2) is 0 Å². The molecule has 20 heavy (non-hydrogen) atoms. The first-order chi connectivity index (χ1) is 9.43. The van der Waals surface area contributed by atoms with Crippen molar-refractivity contribution in [2.24, 2.45) is 5.41 Å². The summed E-state index contributed by atoms with van der Waals surface area (Å²) in [4.78, 5) is 22.6. The molecule has 1 fully saturated rings. The van der Waals surface area contributed by atoms with Crippen molar-refractivity contribution in [3.8, 4) is 5.75 Å². The second-order valence-corrected chi connectivity index (χ2v) is 5.42. The number of hydrogen-bond acceptors (Lipinski definition) is 3. The van der Waals surface area contributed by atoms with E-state index in [1.807, 2.05) is 32.0 Å². The molecule has 1 saturated carbocycles. The third kappa shape index (κ3) is 3.29. The van der Waals surface area contributed by atoms with Crippen molar-refractivity contribution in [1.82, 2.24) is 5.32 Å². The summed E-state index contributed by atoms with van der Waals surface area (Å²) in [5.74, 6) is -0.462. The molecule has 108 valence electrons. The standard InChI is InChI=1S/C15H19NO4/c1-10-3-4-12(11(2)7-10)20-8-13(17)16-9-15(5-6-15)14(18)19/h3-4,7H,5-6,8-9H2,1-2H3,(H,16,17)(H,18,19). The lowest BCUT2D eigenvalue weighted by Crippen LogP contribution is -2.36. The highest BCUT2D eigenvalue weighted by Crippen LogP contribution is 2.45. The topological polar surface area (TPSA) is 75.6 Å². The Morgan fingerprint density at radius 3 is 2.60 bits per heavy atom. The molecule has 0 spiro atoms. The van der Waals surface area contributed by atoms with Crippen LogP contribution in [0.2, 0.25) is 0 Å². The van der Waals surface area contributed by atoms with Gasteiger partial charge in [-0.05, 0) is 38.3 Å². The molecule has 0 saturated heterocycles. The second-order valence-electron chi connectivity index (χ2n) is 5.42. The minimum Gasteiger partial charge on any atom is -0.484 e. The number of aliphatic carboxylic acids is 1. The van der Waals surface area contributed by atoms with Crippen LogP contribution in [0.1, 0.15) is 24.0 Å². The first-order valence-corrected chi connectivity index (χ1v) is 6.63. The van der Waals surface area contributed by atoms with E-state index in [9.17, 15) is 9.59 Å². The maximum Gasteiger partial charge on any atom is 0.311 e. The summed E-state index contributed by atoms with van der Waals surface area (Å²) in [5, 5.41) is 11.6. The Morgan fingerprint density at radius 2 is 2.05 bits per heavy atom. The van der Waals surface area contributed by atoms with Gasteiger partial charge in [-0.3, -0.25) is 9.59 Å². The van der Waals surface area contributed by atoms with Crippen LogP contribution in [-0.4, -0.2) is 30.1 Å². The first kappa shape index (κ1) is 14.4. The highest BCUT2D eigenvalue weighted by atomic mass is 16.5. The summed E-state index contributed by atoms with van der Waals surface area (Å²) in [6.45, 7) is 3.99. The zero-order valence-corrected chi connectivity index (χ0v) is 11.7. The Bertz CT molecular complexity index is 535. The molecular weight excluding hydrogens is 258 g/mol. The predicted molar refractivity (Wildman–Crippen MR) is 73.7 cm³/mol. The summed E-state index contributed by atoms with van der Waals surface area (Å²) in [6, 6.07) is 5.73. The van der Waals surface area contributed by atoms with Gasteiger partial charge in [0.15, 0.2) is 6.61 Å². The van der Waals surface area contributed by atoms with Gasteiger partial charge in [0, 0.05) is 6.54 Å². The molecule has 5 nitrogen and oxygen atoms in total. The fourth-order valence-electron chi connectivity index (χ4n) is 2.04. The third-order valence-electron chi connectivity index (χ3n) is 3.62. The number of carboxylic acid groups (broad SMARTS) is 1. The molecule has 2 rings (SSSR count). The van der Waals surface area contributed by atoms with Gasteiger partial charge in [-0.2, -0.15) is 0 Å². The SMILES string of the molecule is Cc1ccc(OCC(=O)NCC2(C(=O)O)CC2)c(C)c1. The summed E-state index contributed by atoms with van der Waals surface area (Å²) >= 11 is 0. The molecule has 0 unspecified atom stereocenters. The van der Waals surface area contributed by atoms with Crippen molar-refractivity contribution in [3.05, 3.63) is 29.3 Å². The maximum absolute atomic E-state index is 11.7. The molecule has 2 N–H and O–H groups in total. The molecule has 0 aromatic heterocycles. The Labute approximate surface area is 117 Å². The quantitative estimate of drug-likeness (QED) is 0.829. The molecule has 1 aliphatic rings. The van der Waals surface area contributed by atoms with E-state index in [-0.39, 0.29) is 19.1 Å². The summed E-state index contributed by atoms with van der Waals surface area (Å²) in [7, 11) is 0. The molecule has 1 amide bonds. The summed E-state index contributed by atoms with van der Waals surface area (Å²) in [5.41, 5.74) is 1.37. The van der Waals surface area contributed by atoms with Crippen LogP contribution < -0.4 is 10.1 Å². The molecule has 1 aromatic rings. The highest BCUT2D eigenvalue weighted by Gasteiger charge is 2.50. The van der Waals surface area contributed by atoms with E-state index in [0.29, 0.717) is 18.6 Å². The minimum atomic E-state index is -0.840. The van der Waals surface area contributed by atoms with Gasteiger partial charge >= 0.3 is 5.97 Å². The van der Waals surface area contributed by atoms with Gasteiger partial charge in [0.2, 0.25) is 0 Å². The zero-order valence-electron chi connectivity index (χ0n) is 11.7. The van der Waals surface area contributed by atoms with Crippen molar-refractivity contribution in [3.63, 3.8) is 0 Å². The van der Waals surface area contributed by atoms with Crippen LogP contribution in [0.5, 0.6) is 5.75 Å². The highest BCUT2D eigenvalue weighted by molar-refractivity contribution is 5.81. The molecule has 0 bridgehead atoms. The van der Waals surface area contributed by atoms with E-state index in [0.717, 1.165) is 11.1 Å². The number of amides is 1. The Morgan fingerprint density at radius 1 is 1.35 bits per heavy atom. The Balaban J connectivity index is 1.79. The average Bonchev–Trinajstić information content (AvgIpc) is 3.16. The van der Waals surface area contributed by atoms with Crippen LogP contribution in [0, 0.1) is 19.3 Å². The van der Waals surface area contributed by atoms with Crippen LogP contribution in [0.15, 0.2) is 18.2 Å². The predicted octanol–water partition coefficient (Wildman–Crippen LogP) is 1.66. The lowest BCUT2D eigenvalue weighted by atomic mass is 10.1. The molecule has 5 heteroatoms. The number of nitrogens with one attached hydrogen (secondary N) is 1. The Hall–Kier alpha value is -2.04. The van der Waals surface area contributed by atoms with Crippen LogP contribution in [0.25, 0.3) is 0 Å². The summed E-state index contributed by atoms with van der Waals surface area (Å²) < 4.78 is 5.44. The number of benzene rings is 1. The zero-order chi connectivity index (χ0) is 14.8. The fourth-order valence-corrected chi connectivity index (χ4v) is 2.04. The summed E-state index contributed by atoms with van der Waals surface area (Å²) in [6.07, 6.45) is 1.25. The number of carbonyl (C=O) groups excluding carboxylic acids is 1. The van der Waals surface area contributed by atoms with Gasteiger partial charge in [0.25, 0.3) is 5.91 Å². The number of hydrogen-bond donors (Lipinski definition) is 2. The van der Waals surface area contributed by atoms with Gasteiger partial charge in [-0.15, -0.1) is 0 Å². The van der Waals surface area contributed by atoms with Gasteiger partial charge in [-0.1, -0.05) is 17.7 Å². The van der Waals surface area contributed by atoms with Crippen molar-refractivity contribution >= 4 is 11.9 Å². The normalized spacial score (nSPS) is 15.5. The number of rotatable bonds is 6. The van der Waals surface area contributed by atoms with Gasteiger partial charge < -0.3 is 15.2 Å². The molecule has 1 aromatic carbocycles. The lowest BCUT2D eigenvalue weighted by Gasteiger charge is -2.12. The number of carbonyl (C=O) groups is 2. The number of aryl methyl sites for hydroxylation is 2. The van der Waals surface area contributed by atoms with Crippen LogP contribution in [-0.2, 0) is 9.59 Å². The smallest absolute Gasteiger partial charge is 0.311 e. The fraction of sp³-hybridized carbons (Fsp3) is 0.467. The molecule has 0 atom stereocenters. The average molecular weight is 277 g/mol. The van der Waals surface area contributed by atoms with Gasteiger partial charge in [0.1, 0.15) is 5.75 Å². The molecule has 0 aliphatic heterocycles. The van der Waals surface area contributed by atoms with Crippen LogP contribution >= 0.6 is 0 Å². The maximum atomic E-state index is 11.7. The largest absolute Gasteiger partial charge is 0.484 e. The lowest BCUT2D eigenvalue weighted by molar-refractivity contribution is -0.143. The third-order valence-corrected chi connectivity index (χ3v) is 3.62. The van der Waals surface area contributed by atoms with Crippen molar-refractivity contribution in [1.29, 1.82) is 0 Å². The molecule has 1 aliphatic carbocycles. The minimum absolute atomic E-state index is 0.0976. The monoisotopic (exact) mass is 277 g/mol. The van der Waals surface area contributed by atoms with E-state index >= 15 is 0 Å². The first-order valence-electron chi connectivity index (χ1n) is 6.63. The van der Waals surface area contributed by atoms with E-state index < -0.39 is 11.4 Å². The van der Waals surface area contributed by atoms with Crippen LogP contribution in [0.3, 0.4) is 0 Å².